The van der Waals surface area contributed by atoms with Crippen LogP contribution in [0.3, 0.4) is 0 Å². The molecule has 14 heavy (non-hydrogen) atoms. The standard InChI is InChI=1S/C10H18N2OS/c1-3-9(13)4-5-11-6-10-12-8(2)7-14-10/h7,9,11,13H,3-6H2,1-2H3. The molecule has 0 aliphatic carbocycles. The Morgan fingerprint density at radius 2 is 2.43 bits per heavy atom. The molecular formula is C10H18N2OS. The number of aryl methyl sites for hydroxylation is 1. The summed E-state index contributed by atoms with van der Waals surface area (Å²) in [5.41, 5.74) is 1.08. The largest absolute Gasteiger partial charge is 0.393 e. The van der Waals surface area contributed by atoms with Gasteiger partial charge in [-0.3, -0.25) is 0 Å². The maximum absolute atomic E-state index is 9.31. The topological polar surface area (TPSA) is 45.1 Å². The maximum atomic E-state index is 9.31. The van der Waals surface area contributed by atoms with Gasteiger partial charge in [-0.15, -0.1) is 11.3 Å². The van der Waals surface area contributed by atoms with Crippen molar-refractivity contribution in [3.8, 4) is 0 Å². The van der Waals surface area contributed by atoms with Gasteiger partial charge in [0.2, 0.25) is 0 Å². The van der Waals surface area contributed by atoms with Crippen LogP contribution in [0.5, 0.6) is 0 Å². The lowest BCUT2D eigenvalue weighted by Gasteiger charge is -2.07. The quantitative estimate of drug-likeness (QED) is 0.709. The minimum absolute atomic E-state index is 0.166. The summed E-state index contributed by atoms with van der Waals surface area (Å²) in [4.78, 5) is 4.34. The predicted molar refractivity (Wildman–Crippen MR) is 59.5 cm³/mol. The minimum atomic E-state index is -0.166. The molecule has 4 heteroatoms. The molecule has 2 N–H and O–H groups in total. The molecule has 1 rings (SSSR count). The van der Waals surface area contributed by atoms with Crippen molar-refractivity contribution >= 4 is 11.3 Å². The first-order valence-corrected chi connectivity index (χ1v) is 5.90. The van der Waals surface area contributed by atoms with Gasteiger partial charge in [-0.1, -0.05) is 6.92 Å². The SMILES string of the molecule is CCC(O)CCNCc1nc(C)cs1. The van der Waals surface area contributed by atoms with Crippen LogP contribution >= 0.6 is 11.3 Å². The molecule has 0 saturated heterocycles. The normalized spacial score (nSPS) is 13.1. The minimum Gasteiger partial charge on any atom is -0.393 e. The Morgan fingerprint density at radius 1 is 1.64 bits per heavy atom. The molecule has 0 aliphatic rings. The number of aliphatic hydroxyl groups excluding tert-OH is 1. The highest BCUT2D eigenvalue weighted by molar-refractivity contribution is 7.09. The number of hydrogen-bond acceptors (Lipinski definition) is 4. The van der Waals surface area contributed by atoms with Gasteiger partial charge in [-0.25, -0.2) is 4.98 Å². The van der Waals surface area contributed by atoms with E-state index in [4.69, 9.17) is 0 Å². The molecule has 80 valence electrons. The van der Waals surface area contributed by atoms with Crippen molar-refractivity contribution < 1.29 is 5.11 Å². The van der Waals surface area contributed by atoms with Gasteiger partial charge < -0.3 is 10.4 Å². The summed E-state index contributed by atoms with van der Waals surface area (Å²) in [5, 5.41) is 15.7. The van der Waals surface area contributed by atoms with Crippen molar-refractivity contribution in [2.24, 2.45) is 0 Å². The maximum Gasteiger partial charge on any atom is 0.107 e. The summed E-state index contributed by atoms with van der Waals surface area (Å²) in [6, 6.07) is 0. The molecule has 0 spiro atoms. The van der Waals surface area contributed by atoms with Crippen LogP contribution in [0.2, 0.25) is 0 Å². The summed E-state index contributed by atoms with van der Waals surface area (Å²) >= 11 is 1.68. The first-order chi connectivity index (χ1) is 6.72. The van der Waals surface area contributed by atoms with E-state index >= 15 is 0 Å². The van der Waals surface area contributed by atoms with Gasteiger partial charge in [0.05, 0.1) is 6.10 Å². The van der Waals surface area contributed by atoms with E-state index in [1.165, 1.54) is 0 Å². The van der Waals surface area contributed by atoms with Gasteiger partial charge in [-0.2, -0.15) is 0 Å². The summed E-state index contributed by atoms with van der Waals surface area (Å²) in [6.07, 6.45) is 1.49. The molecule has 1 aromatic heterocycles. The lowest BCUT2D eigenvalue weighted by atomic mass is 10.2. The van der Waals surface area contributed by atoms with Crippen molar-refractivity contribution in [3.05, 3.63) is 16.1 Å². The first-order valence-electron chi connectivity index (χ1n) is 5.02. The van der Waals surface area contributed by atoms with E-state index in [-0.39, 0.29) is 6.10 Å². The fourth-order valence-corrected chi connectivity index (χ4v) is 1.89. The molecule has 3 nitrogen and oxygen atoms in total. The zero-order chi connectivity index (χ0) is 10.4. The predicted octanol–water partition coefficient (Wildman–Crippen LogP) is 1.70. The summed E-state index contributed by atoms with van der Waals surface area (Å²) < 4.78 is 0. The van der Waals surface area contributed by atoms with Gasteiger partial charge in [0, 0.05) is 17.6 Å². The Hall–Kier alpha value is -0.450. The lowest BCUT2D eigenvalue weighted by Crippen LogP contribution is -2.19. The molecule has 1 heterocycles. The van der Waals surface area contributed by atoms with E-state index in [0.717, 1.165) is 36.6 Å². The van der Waals surface area contributed by atoms with E-state index in [9.17, 15) is 5.11 Å². The second-order valence-corrected chi connectivity index (χ2v) is 4.35. The molecule has 1 aromatic rings. The Bertz CT molecular complexity index is 262. The molecule has 0 aromatic carbocycles. The average Bonchev–Trinajstić information content (AvgIpc) is 2.58. The van der Waals surface area contributed by atoms with Crippen LogP contribution in [0.4, 0.5) is 0 Å². The number of nitrogens with zero attached hydrogens (tertiary/aromatic N) is 1. The van der Waals surface area contributed by atoms with Gasteiger partial charge in [0.25, 0.3) is 0 Å². The van der Waals surface area contributed by atoms with E-state index in [1.54, 1.807) is 11.3 Å². The second kappa shape index (κ2) is 6.11. The highest BCUT2D eigenvalue weighted by atomic mass is 32.1. The van der Waals surface area contributed by atoms with E-state index in [1.807, 2.05) is 13.8 Å². The van der Waals surface area contributed by atoms with Gasteiger partial charge >= 0.3 is 0 Å². The number of rotatable bonds is 6. The van der Waals surface area contributed by atoms with Crippen LogP contribution in [0.25, 0.3) is 0 Å². The zero-order valence-electron chi connectivity index (χ0n) is 8.79. The molecule has 0 fully saturated rings. The smallest absolute Gasteiger partial charge is 0.107 e. The molecule has 1 atom stereocenters. The fourth-order valence-electron chi connectivity index (χ4n) is 1.15. The third-order valence-electron chi connectivity index (χ3n) is 2.07. The number of aromatic nitrogens is 1. The molecular weight excluding hydrogens is 196 g/mol. The van der Waals surface area contributed by atoms with Gasteiger partial charge in [0.1, 0.15) is 5.01 Å². The molecule has 0 aliphatic heterocycles. The van der Waals surface area contributed by atoms with E-state index in [2.05, 4.69) is 15.7 Å². The lowest BCUT2D eigenvalue weighted by molar-refractivity contribution is 0.159. The number of nitrogens with one attached hydrogen (secondary N) is 1. The molecule has 0 radical (unpaired) electrons. The highest BCUT2D eigenvalue weighted by Gasteiger charge is 2.01. The van der Waals surface area contributed by atoms with Crippen molar-refractivity contribution in [1.29, 1.82) is 0 Å². The Kier molecular flexibility index (Phi) is 5.07. The van der Waals surface area contributed by atoms with Gasteiger partial charge in [-0.05, 0) is 26.3 Å². The van der Waals surface area contributed by atoms with Crippen LogP contribution in [0.1, 0.15) is 30.5 Å². The third-order valence-corrected chi connectivity index (χ3v) is 3.04. The Balaban J connectivity index is 2.10. The monoisotopic (exact) mass is 214 g/mol. The van der Waals surface area contributed by atoms with Crippen LogP contribution < -0.4 is 5.32 Å². The highest BCUT2D eigenvalue weighted by Crippen LogP contribution is 2.07. The summed E-state index contributed by atoms with van der Waals surface area (Å²) in [6.45, 7) is 5.66. The van der Waals surface area contributed by atoms with Crippen LogP contribution in [0.15, 0.2) is 5.38 Å². The summed E-state index contributed by atoms with van der Waals surface area (Å²) in [7, 11) is 0. The second-order valence-electron chi connectivity index (χ2n) is 3.41. The van der Waals surface area contributed by atoms with Crippen molar-refractivity contribution in [2.75, 3.05) is 6.54 Å². The van der Waals surface area contributed by atoms with Crippen molar-refractivity contribution in [3.63, 3.8) is 0 Å². The molecule has 0 saturated carbocycles. The number of hydrogen-bond donors (Lipinski definition) is 2. The van der Waals surface area contributed by atoms with Crippen molar-refractivity contribution in [2.45, 2.75) is 39.3 Å². The molecule has 0 bridgehead atoms. The Morgan fingerprint density at radius 3 is 3.00 bits per heavy atom. The third kappa shape index (κ3) is 4.17. The molecule has 1 unspecified atom stereocenters. The number of thiazole rings is 1. The van der Waals surface area contributed by atoms with E-state index < -0.39 is 0 Å². The first kappa shape index (κ1) is 11.6. The van der Waals surface area contributed by atoms with Crippen LogP contribution in [-0.4, -0.2) is 22.7 Å². The average molecular weight is 214 g/mol. The van der Waals surface area contributed by atoms with Gasteiger partial charge in [0.15, 0.2) is 0 Å². The Labute approximate surface area is 89.2 Å². The molecule has 0 amide bonds. The summed E-state index contributed by atoms with van der Waals surface area (Å²) in [5.74, 6) is 0. The van der Waals surface area contributed by atoms with Crippen LogP contribution in [-0.2, 0) is 6.54 Å². The van der Waals surface area contributed by atoms with E-state index in [0.29, 0.717) is 0 Å². The van der Waals surface area contributed by atoms with Crippen LogP contribution in [0, 0.1) is 6.92 Å². The fraction of sp³-hybridized carbons (Fsp3) is 0.700. The zero-order valence-corrected chi connectivity index (χ0v) is 9.60. The number of aliphatic hydroxyl groups is 1. The van der Waals surface area contributed by atoms with Crippen molar-refractivity contribution in [1.82, 2.24) is 10.3 Å².